The highest BCUT2D eigenvalue weighted by atomic mass is 16.5. The van der Waals surface area contributed by atoms with Crippen LogP contribution in [0.3, 0.4) is 0 Å². The third kappa shape index (κ3) is 5.72. The van der Waals surface area contributed by atoms with Gasteiger partial charge in [0.25, 0.3) is 5.91 Å². The summed E-state index contributed by atoms with van der Waals surface area (Å²) in [5, 5.41) is 17.3. The van der Waals surface area contributed by atoms with E-state index in [4.69, 9.17) is 14.6 Å². The molecule has 1 aliphatic rings. The smallest absolute Gasteiger partial charge is 0.262 e. The van der Waals surface area contributed by atoms with Crippen molar-refractivity contribution in [1.82, 2.24) is 15.1 Å². The van der Waals surface area contributed by atoms with E-state index >= 15 is 0 Å². The maximum Gasteiger partial charge on any atom is 0.262 e. The van der Waals surface area contributed by atoms with Crippen LogP contribution in [0.25, 0.3) is 23.0 Å². The number of nitriles is 1. The highest BCUT2D eigenvalue weighted by Crippen LogP contribution is 2.27. The fourth-order valence-electron chi connectivity index (χ4n) is 3.77. The number of hydrogen-bond acceptors (Lipinski definition) is 5. The van der Waals surface area contributed by atoms with E-state index in [9.17, 15) is 10.1 Å². The van der Waals surface area contributed by atoms with Gasteiger partial charge in [-0.1, -0.05) is 25.1 Å². The number of nitrogens with zero attached hydrogens (tertiary/aromatic N) is 3. The number of carbonyl (C=O) groups is 1. The molecule has 2 heterocycles. The van der Waals surface area contributed by atoms with Crippen LogP contribution in [0.15, 0.2) is 66.4 Å². The average Bonchev–Trinajstić information content (AvgIpc) is 3.56. The number of ether oxygens (including phenoxy) is 2. The Balaban J connectivity index is 1.64. The Morgan fingerprint density at radius 1 is 1.26 bits per heavy atom. The van der Waals surface area contributed by atoms with Gasteiger partial charge in [-0.3, -0.25) is 4.79 Å². The first-order valence-electron chi connectivity index (χ1n) is 11.6. The molecule has 1 aromatic heterocycles. The first-order valence-corrected chi connectivity index (χ1v) is 11.6. The lowest BCUT2D eigenvalue weighted by Gasteiger charge is -2.10. The molecule has 0 radical (unpaired) electrons. The van der Waals surface area contributed by atoms with Crippen molar-refractivity contribution in [3.63, 3.8) is 0 Å². The highest BCUT2D eigenvalue weighted by Gasteiger charge is 2.19. The van der Waals surface area contributed by atoms with Crippen LogP contribution in [-0.2, 0) is 9.53 Å². The van der Waals surface area contributed by atoms with Crippen molar-refractivity contribution in [2.45, 2.75) is 32.3 Å². The van der Waals surface area contributed by atoms with Gasteiger partial charge in [0.2, 0.25) is 0 Å². The number of aromatic nitrogens is 2. The molecule has 0 saturated carbocycles. The van der Waals surface area contributed by atoms with Crippen molar-refractivity contribution in [2.75, 3.05) is 19.8 Å². The van der Waals surface area contributed by atoms with E-state index in [1.54, 1.807) is 10.8 Å². The topological polar surface area (TPSA) is 89.2 Å². The van der Waals surface area contributed by atoms with Gasteiger partial charge in [0.05, 0.1) is 24.1 Å². The summed E-state index contributed by atoms with van der Waals surface area (Å²) in [6.07, 6.45) is 6.27. The van der Waals surface area contributed by atoms with Gasteiger partial charge in [-0.15, -0.1) is 0 Å². The van der Waals surface area contributed by atoms with E-state index in [1.165, 1.54) is 0 Å². The van der Waals surface area contributed by atoms with E-state index < -0.39 is 5.91 Å². The van der Waals surface area contributed by atoms with Crippen LogP contribution in [0.5, 0.6) is 5.75 Å². The number of benzene rings is 2. The summed E-state index contributed by atoms with van der Waals surface area (Å²) in [6.45, 7) is 3.83. The average molecular weight is 457 g/mol. The summed E-state index contributed by atoms with van der Waals surface area (Å²) in [5.41, 5.74) is 3.12. The predicted molar refractivity (Wildman–Crippen MR) is 130 cm³/mol. The van der Waals surface area contributed by atoms with Gasteiger partial charge in [-0.25, -0.2) is 4.68 Å². The highest BCUT2D eigenvalue weighted by molar-refractivity contribution is 6.02. The second kappa shape index (κ2) is 11.3. The summed E-state index contributed by atoms with van der Waals surface area (Å²) >= 11 is 0. The molecule has 2 aromatic carbocycles. The third-order valence-electron chi connectivity index (χ3n) is 5.54. The number of hydrogen-bond donors (Lipinski definition) is 1. The zero-order valence-electron chi connectivity index (χ0n) is 19.2. The summed E-state index contributed by atoms with van der Waals surface area (Å²) in [7, 11) is 0. The molecular weight excluding hydrogens is 428 g/mol. The summed E-state index contributed by atoms with van der Waals surface area (Å²) < 4.78 is 13.0. The van der Waals surface area contributed by atoms with E-state index in [1.807, 2.05) is 66.9 Å². The van der Waals surface area contributed by atoms with Crippen molar-refractivity contribution >= 4 is 12.0 Å². The molecular formula is C27H28N4O3. The van der Waals surface area contributed by atoms with Crippen molar-refractivity contribution in [2.24, 2.45) is 0 Å². The second-order valence-electron chi connectivity index (χ2n) is 8.10. The van der Waals surface area contributed by atoms with Crippen LogP contribution in [0.4, 0.5) is 0 Å². The number of nitrogens with one attached hydrogen (secondary N) is 1. The molecule has 1 atom stereocenters. The number of para-hydroxylation sites is 1. The lowest BCUT2D eigenvalue weighted by molar-refractivity contribution is -0.117. The molecule has 7 nitrogen and oxygen atoms in total. The zero-order valence-corrected chi connectivity index (χ0v) is 19.2. The van der Waals surface area contributed by atoms with Crippen LogP contribution in [0.1, 0.15) is 31.7 Å². The van der Waals surface area contributed by atoms with E-state index in [2.05, 4.69) is 12.2 Å². The number of amides is 1. The lowest BCUT2D eigenvalue weighted by Crippen LogP contribution is -2.32. The Bertz CT molecular complexity index is 1170. The lowest BCUT2D eigenvalue weighted by atomic mass is 10.1. The van der Waals surface area contributed by atoms with Crippen LogP contribution in [-0.4, -0.2) is 41.6 Å². The number of rotatable bonds is 9. The molecule has 34 heavy (non-hydrogen) atoms. The molecule has 1 N–H and O–H groups in total. The molecule has 1 amide bonds. The fourth-order valence-corrected chi connectivity index (χ4v) is 3.77. The van der Waals surface area contributed by atoms with E-state index in [0.717, 1.165) is 36.3 Å². The van der Waals surface area contributed by atoms with Gasteiger partial charge in [0.1, 0.15) is 17.4 Å². The number of carbonyl (C=O) groups excluding carboxylic acids is 1. The zero-order chi connectivity index (χ0) is 23.8. The molecule has 1 unspecified atom stereocenters. The van der Waals surface area contributed by atoms with Crippen molar-refractivity contribution < 1.29 is 14.3 Å². The van der Waals surface area contributed by atoms with E-state index in [-0.39, 0.29) is 11.7 Å². The van der Waals surface area contributed by atoms with Crippen molar-refractivity contribution in [1.29, 1.82) is 5.26 Å². The van der Waals surface area contributed by atoms with Gasteiger partial charge < -0.3 is 14.8 Å². The van der Waals surface area contributed by atoms with Gasteiger partial charge in [-0.05, 0) is 61.7 Å². The minimum absolute atomic E-state index is 0.00808. The normalized spacial score (nSPS) is 15.6. The minimum Gasteiger partial charge on any atom is -0.494 e. The fraction of sp³-hybridized carbons (Fsp3) is 0.296. The molecule has 1 fully saturated rings. The quantitative estimate of drug-likeness (QED) is 0.377. The second-order valence-corrected chi connectivity index (χ2v) is 8.10. The van der Waals surface area contributed by atoms with Crippen LogP contribution in [0, 0.1) is 11.3 Å². The largest absolute Gasteiger partial charge is 0.494 e. The minimum atomic E-state index is -0.417. The van der Waals surface area contributed by atoms with Crippen molar-refractivity contribution in [3.05, 3.63) is 71.9 Å². The molecule has 0 spiro atoms. The first kappa shape index (κ1) is 23.3. The summed E-state index contributed by atoms with van der Waals surface area (Å²) in [6, 6.07) is 19.4. The van der Waals surface area contributed by atoms with Crippen molar-refractivity contribution in [3.8, 4) is 28.8 Å². The van der Waals surface area contributed by atoms with Crippen LogP contribution >= 0.6 is 0 Å². The molecule has 1 aliphatic heterocycles. The summed E-state index contributed by atoms with van der Waals surface area (Å²) in [4.78, 5) is 12.7. The molecule has 174 valence electrons. The Morgan fingerprint density at radius 2 is 2.06 bits per heavy atom. The standard InChI is InChI=1S/C27H28N4O3/c1-2-14-33-24-12-10-20(11-13-24)26-22(19-31(30-26)23-7-4-3-5-8-23)16-21(17-28)27(32)29-18-25-9-6-15-34-25/h3-5,7-8,10-13,16,19,25H,2,6,9,14-15,18H2,1H3,(H,29,32)/b21-16+. The molecule has 4 rings (SSSR count). The molecule has 0 bridgehead atoms. The van der Waals surface area contributed by atoms with Gasteiger partial charge >= 0.3 is 0 Å². The Kier molecular flexibility index (Phi) is 7.74. The molecule has 1 saturated heterocycles. The van der Waals surface area contributed by atoms with Crippen LogP contribution in [0.2, 0.25) is 0 Å². The molecule has 0 aliphatic carbocycles. The Morgan fingerprint density at radius 3 is 2.74 bits per heavy atom. The van der Waals surface area contributed by atoms with Gasteiger partial charge in [0, 0.05) is 30.5 Å². The predicted octanol–water partition coefficient (Wildman–Crippen LogP) is 4.53. The Labute approximate surface area is 199 Å². The molecule has 3 aromatic rings. The van der Waals surface area contributed by atoms with Gasteiger partial charge in [0.15, 0.2) is 0 Å². The Hall–Kier alpha value is -3.89. The summed E-state index contributed by atoms with van der Waals surface area (Å²) in [5.74, 6) is 0.371. The van der Waals surface area contributed by atoms with E-state index in [0.29, 0.717) is 31.0 Å². The monoisotopic (exact) mass is 456 g/mol. The maximum absolute atomic E-state index is 12.7. The SMILES string of the molecule is CCCOc1ccc(-c2nn(-c3ccccc3)cc2/C=C(\C#N)C(=O)NCC2CCCO2)cc1. The molecule has 7 heteroatoms. The van der Waals surface area contributed by atoms with Crippen LogP contribution < -0.4 is 10.1 Å². The first-order chi connectivity index (χ1) is 16.7. The van der Waals surface area contributed by atoms with Gasteiger partial charge in [-0.2, -0.15) is 10.4 Å². The maximum atomic E-state index is 12.7. The third-order valence-corrected chi connectivity index (χ3v) is 5.54.